The molecule has 5 aromatic rings. The highest BCUT2D eigenvalue weighted by Gasteiger charge is 2.61. The zero-order valence-electron chi connectivity index (χ0n) is 46.8. The van der Waals surface area contributed by atoms with Crippen LogP contribution in [-0.4, -0.2) is 65.9 Å². The van der Waals surface area contributed by atoms with Crippen molar-refractivity contribution >= 4 is 35.1 Å². The number of esters is 2. The Bertz CT molecular complexity index is 3430. The van der Waals surface area contributed by atoms with Crippen molar-refractivity contribution in [1.29, 1.82) is 0 Å². The van der Waals surface area contributed by atoms with Gasteiger partial charge < -0.3 is 38.7 Å². The predicted octanol–water partition coefficient (Wildman–Crippen LogP) is 12.6. The summed E-state index contributed by atoms with van der Waals surface area (Å²) in [5, 5.41) is 32.4. The molecule has 3 N–H and O–H groups in total. The quantitative estimate of drug-likeness (QED) is 0.0587. The van der Waals surface area contributed by atoms with Crippen LogP contribution in [0.15, 0.2) is 124 Å². The molecule has 3 fully saturated rings. The number of aliphatic hydroxyl groups excluding tert-OH is 3. The predicted molar refractivity (Wildman–Crippen MR) is 311 cm³/mol. The van der Waals surface area contributed by atoms with E-state index < -0.39 is 47.9 Å². The molecule has 2 bridgehead atoms. The number of hydrogen-bond acceptors (Lipinski definition) is 11. The minimum atomic E-state index is -1.32. The molecule has 0 amide bonds. The first-order valence-electron chi connectivity index (χ1n) is 30.2. The number of carbonyl (C=O) groups excluding carboxylic acids is 2. The van der Waals surface area contributed by atoms with Gasteiger partial charge in [-0.15, -0.1) is 0 Å². The zero-order chi connectivity index (χ0) is 55.6. The van der Waals surface area contributed by atoms with Gasteiger partial charge in [0.1, 0.15) is 11.3 Å². The fourth-order valence-electron chi connectivity index (χ4n) is 17.2. The largest absolute Gasteiger partial charge is 0.482 e. The summed E-state index contributed by atoms with van der Waals surface area (Å²) in [6.45, 7) is 0.734. The molecular weight excluding hydrogens is 1020 g/mol. The number of aryl methyl sites for hydroxylation is 1. The first-order valence-corrected chi connectivity index (χ1v) is 30.2. The van der Waals surface area contributed by atoms with Crippen molar-refractivity contribution in [2.24, 2.45) is 29.6 Å². The lowest BCUT2D eigenvalue weighted by molar-refractivity contribution is -0.208. The smallest absolute Gasteiger partial charge is 0.340 e. The average Bonchev–Trinajstić information content (AvgIpc) is 2.61. The third kappa shape index (κ3) is 9.02. The van der Waals surface area contributed by atoms with Crippen LogP contribution in [0, 0.1) is 29.6 Å². The van der Waals surface area contributed by atoms with Gasteiger partial charge in [0.25, 0.3) is 0 Å². The lowest BCUT2D eigenvalue weighted by atomic mass is 9.49. The van der Waals surface area contributed by atoms with Crippen molar-refractivity contribution < 1.29 is 48.3 Å². The summed E-state index contributed by atoms with van der Waals surface area (Å²) in [5.41, 5.74) is 8.57. The maximum Gasteiger partial charge on any atom is 0.340 e. The molecule has 0 unspecified atom stereocenters. The van der Waals surface area contributed by atoms with Gasteiger partial charge in [-0.2, -0.15) is 0 Å². The number of fused-ring (bicyclic) bond motifs is 15. The highest BCUT2D eigenvalue weighted by atomic mass is 16.6. The molecule has 3 saturated carbocycles. The van der Waals surface area contributed by atoms with E-state index in [0.29, 0.717) is 58.9 Å². The molecule has 9 aliphatic rings. The zero-order valence-corrected chi connectivity index (χ0v) is 46.8. The third-order valence-electron chi connectivity index (χ3n) is 20.9. The normalized spacial score (nSPS) is 31.2. The molecule has 2 spiro atoms. The molecule has 1 aromatic heterocycles. The van der Waals surface area contributed by atoms with Gasteiger partial charge >= 0.3 is 17.6 Å². The second kappa shape index (κ2) is 22.1. The number of ether oxygens (including phenoxy) is 4. The molecule has 11 nitrogen and oxygen atoms in total. The second-order valence-electron chi connectivity index (χ2n) is 24.8. The highest BCUT2D eigenvalue weighted by Crippen LogP contribution is 2.61. The van der Waals surface area contributed by atoms with E-state index in [1.165, 1.54) is 41.3 Å². The number of rotatable bonds is 8. The van der Waals surface area contributed by atoms with Gasteiger partial charge in [-0.25, -0.2) is 9.59 Å². The Kier molecular flexibility index (Phi) is 14.7. The van der Waals surface area contributed by atoms with Crippen LogP contribution in [-0.2, 0) is 42.2 Å². The third-order valence-corrected chi connectivity index (χ3v) is 20.9. The molecule has 4 heterocycles. The van der Waals surface area contributed by atoms with Crippen molar-refractivity contribution in [2.45, 2.75) is 151 Å². The van der Waals surface area contributed by atoms with Crippen LogP contribution in [0.3, 0.4) is 0 Å². The van der Waals surface area contributed by atoms with Gasteiger partial charge in [0, 0.05) is 60.3 Å². The SMILES string of the molecule is COC[C@@H](CCO)c1c(CO)c2ccc3c(c2oc1=O)[C@H]1OC(=O)C[C@@H]2C[C@H](c4cccc5c4C=C[C@H]4CCC[C@H]6C=Cc7ccccc7[C@@]564)CC[C@H]2c2ccc(cc2)CC/C(=C(\C)CO)C(=O)O[C@@H]1[C@@]1(CC=C[C@@H]2CCCC[C@@H]21)O3. The van der Waals surface area contributed by atoms with Crippen LogP contribution in [0.25, 0.3) is 23.1 Å². The van der Waals surface area contributed by atoms with E-state index in [1.54, 1.807) is 13.0 Å². The summed E-state index contributed by atoms with van der Waals surface area (Å²) < 4.78 is 33.5. The van der Waals surface area contributed by atoms with Crippen molar-refractivity contribution in [3.8, 4) is 5.75 Å². The summed E-state index contributed by atoms with van der Waals surface area (Å²) in [4.78, 5) is 45.6. The van der Waals surface area contributed by atoms with Crippen LogP contribution in [0.4, 0.5) is 0 Å². The molecule has 6 aliphatic carbocycles. The van der Waals surface area contributed by atoms with Crippen LogP contribution in [0.5, 0.6) is 5.75 Å². The summed E-state index contributed by atoms with van der Waals surface area (Å²) in [7, 11) is 1.52. The van der Waals surface area contributed by atoms with Crippen LogP contribution < -0.4 is 10.4 Å². The monoisotopic (exact) mass is 1090 g/mol. The van der Waals surface area contributed by atoms with E-state index in [4.69, 9.17) is 23.4 Å². The molecule has 81 heavy (non-hydrogen) atoms. The van der Waals surface area contributed by atoms with Crippen molar-refractivity contribution in [2.75, 3.05) is 26.9 Å². The number of hydrogen-bond donors (Lipinski definition) is 3. The fourth-order valence-corrected chi connectivity index (χ4v) is 17.2. The van der Waals surface area contributed by atoms with E-state index in [9.17, 15) is 20.1 Å². The molecule has 4 aromatic carbocycles. The number of methoxy groups -OCH3 is 1. The van der Waals surface area contributed by atoms with Crippen molar-refractivity contribution in [3.63, 3.8) is 0 Å². The number of allylic oxidation sites excluding steroid dienone is 3. The van der Waals surface area contributed by atoms with Crippen molar-refractivity contribution in [3.05, 3.63) is 180 Å². The lowest BCUT2D eigenvalue weighted by Crippen LogP contribution is -2.62. The maximum absolute atomic E-state index is 15.8. The fraction of sp³-hybridized carbons (Fsp3) is 0.471. The Hall–Kier alpha value is -6.37. The first kappa shape index (κ1) is 53.9. The van der Waals surface area contributed by atoms with Gasteiger partial charge in [-0.1, -0.05) is 122 Å². The molecule has 3 aliphatic heterocycles. The van der Waals surface area contributed by atoms with Gasteiger partial charge in [-0.3, -0.25) is 4.79 Å². The molecule has 11 heteroatoms. The van der Waals surface area contributed by atoms with E-state index in [-0.39, 0.29) is 84.4 Å². The van der Waals surface area contributed by atoms with E-state index in [1.807, 2.05) is 6.07 Å². The summed E-state index contributed by atoms with van der Waals surface area (Å²) in [5.74, 6) is -0.537. The first-order chi connectivity index (χ1) is 39.6. The van der Waals surface area contributed by atoms with E-state index in [0.717, 1.165) is 68.9 Å². The topological polar surface area (TPSA) is 162 Å². The molecule has 14 rings (SSSR count). The number of aliphatic hydroxyl groups is 3. The lowest BCUT2D eigenvalue weighted by Gasteiger charge is -2.54. The highest BCUT2D eigenvalue weighted by molar-refractivity contribution is 5.91. The van der Waals surface area contributed by atoms with Crippen molar-refractivity contribution in [1.82, 2.24) is 0 Å². The number of benzene rings is 4. The minimum absolute atomic E-state index is 0.0377. The summed E-state index contributed by atoms with van der Waals surface area (Å²) in [6.07, 6.45) is 22.7. The summed E-state index contributed by atoms with van der Waals surface area (Å²) in [6, 6.07) is 28.3. The standard InChI is InChI=1S/C70H76O11/c1-41(38-72)51-28-21-42-19-22-43(23-20-42)52-29-25-46(53-15-8-18-59-54(53)30-27-50-14-7-13-49-26-24-45-11-4-6-17-58(45)70(49,50)59)36-48(52)37-61(74)78-65-63-60(81-69(66(65)80-67(51)75)34-9-12-44-10-3-5-16-57(44)69)32-31-55-56(39-73)62(68(76)79-64(55)63)47(33-35-71)40-77-2/h4,6,8-9,11-12,15,17-20,22-24,26-27,30-32,44,46-50,52,57,65-66,71-73H,3,5,7,10,13-14,16,21,25,28-29,33-40H2,1-2H3/b51-41-/t44-,46+,47+,48-,49-,50+,52-,57-,65+,66-,69-,70+/m0/s1. The van der Waals surface area contributed by atoms with E-state index >= 15 is 9.59 Å². The molecular formula is C70H76O11. The Labute approximate surface area is 474 Å². The van der Waals surface area contributed by atoms with Gasteiger partial charge in [0.15, 0.2) is 17.8 Å². The maximum atomic E-state index is 15.8. The molecule has 0 radical (unpaired) electrons. The Balaban J connectivity index is 0.951. The Morgan fingerprint density at radius 2 is 1.60 bits per heavy atom. The molecule has 12 atom stereocenters. The molecule has 0 saturated heterocycles. The van der Waals surface area contributed by atoms with E-state index in [2.05, 4.69) is 103 Å². The average molecular weight is 1090 g/mol. The Morgan fingerprint density at radius 1 is 0.802 bits per heavy atom. The molecule has 422 valence electrons. The van der Waals surface area contributed by atoms with Gasteiger partial charge in [0.05, 0.1) is 25.4 Å². The van der Waals surface area contributed by atoms with Crippen LogP contribution >= 0.6 is 0 Å². The Morgan fingerprint density at radius 3 is 2.41 bits per heavy atom. The minimum Gasteiger partial charge on any atom is -0.482 e. The van der Waals surface area contributed by atoms with Crippen LogP contribution in [0.1, 0.15) is 176 Å². The van der Waals surface area contributed by atoms with Gasteiger partial charge in [0.2, 0.25) is 0 Å². The number of carbonyl (C=O) groups is 2. The van der Waals surface area contributed by atoms with Gasteiger partial charge in [-0.05, 0) is 169 Å². The summed E-state index contributed by atoms with van der Waals surface area (Å²) >= 11 is 0. The van der Waals surface area contributed by atoms with Crippen LogP contribution in [0.2, 0.25) is 0 Å². The second-order valence-corrected chi connectivity index (χ2v) is 24.8.